The number of rotatable bonds is 8. The third kappa shape index (κ3) is 3.59. The summed E-state index contributed by atoms with van der Waals surface area (Å²) in [5.74, 6) is -0.318. The number of ether oxygens (including phenoxy) is 1. The molecule has 1 aliphatic rings. The van der Waals surface area contributed by atoms with Crippen molar-refractivity contribution in [1.82, 2.24) is 9.47 Å². The molecule has 2 rings (SSSR count). The summed E-state index contributed by atoms with van der Waals surface area (Å²) >= 11 is 0. The molecule has 0 atom stereocenters. The molecule has 21 heavy (non-hydrogen) atoms. The molecule has 1 N–H and O–H groups in total. The second-order valence-electron chi connectivity index (χ2n) is 4.99. The standard InChI is InChI=1S/C13H19N3O5/c1-21-7-5-14(4-6-17)13(18)12-8-11(16(19)20)9-15(12)10-2-3-10/h8-10,17H,2-7H2,1H3. The molecule has 0 radical (unpaired) electrons. The molecule has 1 aromatic rings. The molecule has 0 spiro atoms. The molecule has 1 fully saturated rings. The molecule has 1 saturated carbocycles. The molecule has 1 heterocycles. The number of aliphatic hydroxyl groups is 1. The predicted octanol–water partition coefficient (Wildman–Crippen LogP) is 0.812. The van der Waals surface area contributed by atoms with E-state index in [4.69, 9.17) is 9.84 Å². The minimum atomic E-state index is -0.499. The van der Waals surface area contributed by atoms with Crippen molar-refractivity contribution in [2.45, 2.75) is 18.9 Å². The highest BCUT2D eigenvalue weighted by molar-refractivity contribution is 5.93. The maximum Gasteiger partial charge on any atom is 0.287 e. The van der Waals surface area contributed by atoms with Gasteiger partial charge in [-0.25, -0.2) is 0 Å². The summed E-state index contributed by atoms with van der Waals surface area (Å²) in [5, 5.41) is 20.0. The summed E-state index contributed by atoms with van der Waals surface area (Å²) in [5.41, 5.74) is 0.217. The minimum Gasteiger partial charge on any atom is -0.395 e. The number of aromatic nitrogens is 1. The van der Waals surface area contributed by atoms with Crippen molar-refractivity contribution in [3.05, 3.63) is 28.1 Å². The van der Waals surface area contributed by atoms with Crippen molar-refractivity contribution in [2.24, 2.45) is 0 Å². The normalized spacial score (nSPS) is 14.2. The molecule has 0 aliphatic heterocycles. The van der Waals surface area contributed by atoms with Crippen molar-refractivity contribution in [2.75, 3.05) is 33.4 Å². The highest BCUT2D eigenvalue weighted by Gasteiger charge is 2.31. The smallest absolute Gasteiger partial charge is 0.287 e. The van der Waals surface area contributed by atoms with Crippen LogP contribution in [0.2, 0.25) is 0 Å². The maximum atomic E-state index is 12.5. The van der Waals surface area contributed by atoms with E-state index in [-0.39, 0.29) is 30.8 Å². The zero-order valence-electron chi connectivity index (χ0n) is 11.9. The minimum absolute atomic E-state index is 0.0825. The van der Waals surface area contributed by atoms with E-state index in [0.29, 0.717) is 18.8 Å². The monoisotopic (exact) mass is 297 g/mol. The maximum absolute atomic E-state index is 12.5. The summed E-state index contributed by atoms with van der Waals surface area (Å²) in [6.07, 6.45) is 3.26. The van der Waals surface area contributed by atoms with Gasteiger partial charge in [-0.2, -0.15) is 0 Å². The van der Waals surface area contributed by atoms with E-state index < -0.39 is 4.92 Å². The second-order valence-corrected chi connectivity index (χ2v) is 4.99. The zero-order valence-corrected chi connectivity index (χ0v) is 11.9. The lowest BCUT2D eigenvalue weighted by atomic mass is 10.3. The number of nitrogens with zero attached hydrogens (tertiary/aromatic N) is 3. The average molecular weight is 297 g/mol. The van der Waals surface area contributed by atoms with Gasteiger partial charge in [0.2, 0.25) is 0 Å². The van der Waals surface area contributed by atoms with E-state index in [2.05, 4.69) is 0 Å². The lowest BCUT2D eigenvalue weighted by Gasteiger charge is -2.21. The molecule has 1 aliphatic carbocycles. The lowest BCUT2D eigenvalue weighted by molar-refractivity contribution is -0.384. The van der Waals surface area contributed by atoms with Gasteiger partial charge in [-0.15, -0.1) is 0 Å². The molecule has 8 nitrogen and oxygen atoms in total. The van der Waals surface area contributed by atoms with Gasteiger partial charge in [0, 0.05) is 32.3 Å². The highest BCUT2D eigenvalue weighted by Crippen LogP contribution is 2.38. The third-order valence-electron chi connectivity index (χ3n) is 3.43. The first kappa shape index (κ1) is 15.5. The quantitative estimate of drug-likeness (QED) is 0.565. The molecular formula is C13H19N3O5. The second kappa shape index (κ2) is 6.68. The van der Waals surface area contributed by atoms with Crippen LogP contribution in [0.25, 0.3) is 0 Å². The van der Waals surface area contributed by atoms with Gasteiger partial charge in [-0.1, -0.05) is 0 Å². The summed E-state index contributed by atoms with van der Waals surface area (Å²) in [4.78, 5) is 24.4. The lowest BCUT2D eigenvalue weighted by Crippen LogP contribution is -2.37. The summed E-state index contributed by atoms with van der Waals surface area (Å²) in [6.45, 7) is 0.686. The van der Waals surface area contributed by atoms with Gasteiger partial charge in [0.25, 0.3) is 11.6 Å². The van der Waals surface area contributed by atoms with Crippen LogP contribution in [0.1, 0.15) is 29.4 Å². The number of aliphatic hydroxyl groups excluding tert-OH is 1. The molecule has 8 heteroatoms. The fourth-order valence-electron chi connectivity index (χ4n) is 2.19. The van der Waals surface area contributed by atoms with Crippen LogP contribution in [0, 0.1) is 10.1 Å². The van der Waals surface area contributed by atoms with Crippen molar-refractivity contribution >= 4 is 11.6 Å². The van der Waals surface area contributed by atoms with Gasteiger partial charge >= 0.3 is 0 Å². The Labute approximate surface area is 122 Å². The summed E-state index contributed by atoms with van der Waals surface area (Å²) in [7, 11) is 1.53. The van der Waals surface area contributed by atoms with Gasteiger partial charge in [0.15, 0.2) is 0 Å². The largest absolute Gasteiger partial charge is 0.395 e. The highest BCUT2D eigenvalue weighted by atomic mass is 16.6. The molecule has 0 unspecified atom stereocenters. The summed E-state index contributed by atoms with van der Waals surface area (Å²) in [6, 6.07) is 1.47. The average Bonchev–Trinajstić information content (AvgIpc) is 3.21. The van der Waals surface area contributed by atoms with Gasteiger partial charge in [-0.05, 0) is 12.8 Å². The molecule has 116 valence electrons. The Kier molecular flexibility index (Phi) is 4.92. The van der Waals surface area contributed by atoms with E-state index >= 15 is 0 Å². The first-order chi connectivity index (χ1) is 10.1. The first-order valence-corrected chi connectivity index (χ1v) is 6.83. The SMILES string of the molecule is COCCN(CCO)C(=O)c1cc([N+](=O)[O-])cn1C1CC1. The van der Waals surface area contributed by atoms with Crippen LogP contribution in [0.5, 0.6) is 0 Å². The van der Waals surface area contributed by atoms with E-state index in [1.54, 1.807) is 4.57 Å². The molecular weight excluding hydrogens is 278 g/mol. The predicted molar refractivity (Wildman–Crippen MR) is 74.2 cm³/mol. The van der Waals surface area contributed by atoms with Crippen LogP contribution < -0.4 is 0 Å². The molecule has 1 amide bonds. The van der Waals surface area contributed by atoms with Crippen LogP contribution in [0.3, 0.4) is 0 Å². The number of hydrogen-bond acceptors (Lipinski definition) is 5. The van der Waals surface area contributed by atoms with Gasteiger partial charge < -0.3 is 19.3 Å². The number of methoxy groups -OCH3 is 1. The summed E-state index contributed by atoms with van der Waals surface area (Å²) < 4.78 is 6.63. The molecule has 0 bridgehead atoms. The number of carbonyl (C=O) groups excluding carboxylic acids is 1. The Morgan fingerprint density at radius 1 is 1.57 bits per heavy atom. The topological polar surface area (TPSA) is 97.8 Å². The van der Waals surface area contributed by atoms with E-state index in [1.165, 1.54) is 24.3 Å². The fraction of sp³-hybridized carbons (Fsp3) is 0.615. The van der Waals surface area contributed by atoms with Gasteiger partial charge in [0.05, 0.1) is 24.3 Å². The Balaban J connectivity index is 2.24. The zero-order chi connectivity index (χ0) is 15.4. The number of amides is 1. The molecule has 0 saturated heterocycles. The van der Waals surface area contributed by atoms with Crippen molar-refractivity contribution < 1.29 is 19.6 Å². The Morgan fingerprint density at radius 2 is 2.29 bits per heavy atom. The van der Waals surface area contributed by atoms with Crippen molar-refractivity contribution in [3.63, 3.8) is 0 Å². The fourth-order valence-corrected chi connectivity index (χ4v) is 2.19. The van der Waals surface area contributed by atoms with Crippen LogP contribution in [-0.4, -0.2) is 58.8 Å². The molecule has 1 aromatic heterocycles. The Bertz CT molecular complexity index is 524. The van der Waals surface area contributed by atoms with Crippen molar-refractivity contribution in [1.29, 1.82) is 0 Å². The molecule has 0 aromatic carbocycles. The van der Waals surface area contributed by atoms with E-state index in [9.17, 15) is 14.9 Å². The number of carbonyl (C=O) groups is 1. The Hall–Kier alpha value is -1.93. The van der Waals surface area contributed by atoms with Crippen LogP contribution in [-0.2, 0) is 4.74 Å². The van der Waals surface area contributed by atoms with Crippen LogP contribution in [0.4, 0.5) is 5.69 Å². The van der Waals surface area contributed by atoms with Crippen LogP contribution >= 0.6 is 0 Å². The van der Waals surface area contributed by atoms with Crippen molar-refractivity contribution in [3.8, 4) is 0 Å². The third-order valence-corrected chi connectivity index (χ3v) is 3.43. The van der Waals surface area contributed by atoms with Gasteiger partial charge in [-0.3, -0.25) is 14.9 Å². The number of hydrogen-bond donors (Lipinski definition) is 1. The van der Waals surface area contributed by atoms with E-state index in [1.807, 2.05) is 0 Å². The number of nitro groups is 1. The van der Waals surface area contributed by atoms with Crippen LogP contribution in [0.15, 0.2) is 12.3 Å². The van der Waals surface area contributed by atoms with Gasteiger partial charge in [0.1, 0.15) is 5.69 Å². The van der Waals surface area contributed by atoms with E-state index in [0.717, 1.165) is 12.8 Å². The Morgan fingerprint density at radius 3 is 2.81 bits per heavy atom. The first-order valence-electron chi connectivity index (χ1n) is 6.83.